The summed E-state index contributed by atoms with van der Waals surface area (Å²) >= 11 is 0. The van der Waals surface area contributed by atoms with Crippen LogP contribution in [0.25, 0.3) is 10.9 Å². The fourth-order valence-electron chi connectivity index (χ4n) is 2.70. The van der Waals surface area contributed by atoms with Gasteiger partial charge in [0.2, 0.25) is 0 Å². The maximum Gasteiger partial charge on any atom is 0.261 e. The Bertz CT molecular complexity index is 947. The number of Topliss-reactive ketones (excluding diaryl/α,β-unsaturated/α-hetero) is 1. The molecule has 0 spiro atoms. The first-order valence-corrected chi connectivity index (χ1v) is 8.40. The SMILES string of the molecule is CCC(=O)c1ccccc1OCCCn1cnc2ccccc2c1=O. The van der Waals surface area contributed by atoms with Crippen molar-refractivity contribution in [3.63, 3.8) is 0 Å². The molecule has 0 radical (unpaired) electrons. The lowest BCUT2D eigenvalue weighted by atomic mass is 10.1. The summed E-state index contributed by atoms with van der Waals surface area (Å²) in [5, 5.41) is 0.616. The number of rotatable bonds is 7. The van der Waals surface area contributed by atoms with Crippen LogP contribution in [0.4, 0.5) is 0 Å². The van der Waals surface area contributed by atoms with Crippen molar-refractivity contribution < 1.29 is 9.53 Å². The summed E-state index contributed by atoms with van der Waals surface area (Å²) in [7, 11) is 0. The predicted octanol–water partition coefficient (Wildman–Crippen LogP) is 3.46. The van der Waals surface area contributed by atoms with Gasteiger partial charge in [0.05, 0.1) is 29.4 Å². The molecule has 0 bridgehead atoms. The number of aryl methyl sites for hydroxylation is 1. The van der Waals surface area contributed by atoms with Gasteiger partial charge < -0.3 is 4.74 Å². The molecule has 0 saturated carbocycles. The number of hydrogen-bond acceptors (Lipinski definition) is 4. The maximum atomic E-state index is 12.4. The summed E-state index contributed by atoms with van der Waals surface area (Å²) in [4.78, 5) is 28.6. The van der Waals surface area contributed by atoms with Crippen LogP contribution in [-0.2, 0) is 6.54 Å². The van der Waals surface area contributed by atoms with Crippen LogP contribution in [0, 0.1) is 0 Å². The molecule has 3 rings (SSSR count). The smallest absolute Gasteiger partial charge is 0.261 e. The van der Waals surface area contributed by atoms with Crippen LogP contribution >= 0.6 is 0 Å². The highest BCUT2D eigenvalue weighted by Crippen LogP contribution is 2.19. The molecule has 0 atom stereocenters. The molecule has 0 aliphatic heterocycles. The maximum absolute atomic E-state index is 12.4. The van der Waals surface area contributed by atoms with Crippen LogP contribution in [0.2, 0.25) is 0 Å². The molecule has 5 heteroatoms. The van der Waals surface area contributed by atoms with E-state index < -0.39 is 0 Å². The van der Waals surface area contributed by atoms with Crippen molar-refractivity contribution in [3.05, 3.63) is 70.8 Å². The van der Waals surface area contributed by atoms with E-state index in [1.54, 1.807) is 29.1 Å². The summed E-state index contributed by atoms with van der Waals surface area (Å²) in [6.45, 7) is 2.77. The molecule has 0 aliphatic carbocycles. The van der Waals surface area contributed by atoms with Crippen LogP contribution in [0.1, 0.15) is 30.1 Å². The molecule has 0 N–H and O–H groups in total. The Balaban J connectivity index is 1.64. The first-order valence-electron chi connectivity index (χ1n) is 8.40. The average Bonchev–Trinajstić information content (AvgIpc) is 2.66. The first-order chi connectivity index (χ1) is 12.2. The van der Waals surface area contributed by atoms with E-state index in [4.69, 9.17) is 4.74 Å². The second-order valence-electron chi connectivity index (χ2n) is 5.74. The first kappa shape index (κ1) is 16.9. The number of ketones is 1. The Morgan fingerprint density at radius 3 is 2.72 bits per heavy atom. The van der Waals surface area contributed by atoms with Gasteiger partial charge in [0, 0.05) is 13.0 Å². The molecule has 0 unspecified atom stereocenters. The molecular weight excluding hydrogens is 316 g/mol. The number of nitrogens with zero attached hydrogens (tertiary/aromatic N) is 2. The molecule has 1 heterocycles. The summed E-state index contributed by atoms with van der Waals surface area (Å²) in [6, 6.07) is 14.6. The molecule has 5 nitrogen and oxygen atoms in total. The Kier molecular flexibility index (Phi) is 5.23. The number of ether oxygens (including phenoxy) is 1. The van der Waals surface area contributed by atoms with Crippen LogP contribution < -0.4 is 10.3 Å². The van der Waals surface area contributed by atoms with Crippen molar-refractivity contribution in [1.29, 1.82) is 0 Å². The molecule has 1 aromatic heterocycles. The minimum absolute atomic E-state index is 0.0489. The van der Waals surface area contributed by atoms with Crippen molar-refractivity contribution in [2.24, 2.45) is 0 Å². The number of para-hydroxylation sites is 2. The number of hydrogen-bond donors (Lipinski definition) is 0. The summed E-state index contributed by atoms with van der Waals surface area (Å²) in [5.74, 6) is 0.656. The van der Waals surface area contributed by atoms with Gasteiger partial charge in [-0.1, -0.05) is 31.2 Å². The van der Waals surface area contributed by atoms with E-state index in [0.29, 0.717) is 48.2 Å². The van der Waals surface area contributed by atoms with Crippen molar-refractivity contribution in [3.8, 4) is 5.75 Å². The fraction of sp³-hybridized carbons (Fsp3) is 0.250. The standard InChI is InChI=1S/C20H20N2O3/c1-2-18(23)16-9-4-6-11-19(16)25-13-7-12-22-14-21-17-10-5-3-8-15(17)20(22)24/h3-6,8-11,14H,2,7,12-13H2,1H3. The normalized spacial score (nSPS) is 10.8. The largest absolute Gasteiger partial charge is 0.493 e. The van der Waals surface area contributed by atoms with E-state index in [1.165, 1.54) is 0 Å². The average molecular weight is 336 g/mol. The van der Waals surface area contributed by atoms with E-state index in [-0.39, 0.29) is 11.3 Å². The van der Waals surface area contributed by atoms with E-state index in [0.717, 1.165) is 0 Å². The predicted molar refractivity (Wildman–Crippen MR) is 97.2 cm³/mol. The number of carbonyl (C=O) groups excluding carboxylic acids is 1. The van der Waals surface area contributed by atoms with E-state index in [1.807, 2.05) is 37.3 Å². The number of aromatic nitrogens is 2. The zero-order valence-electron chi connectivity index (χ0n) is 14.1. The van der Waals surface area contributed by atoms with Crippen LogP contribution in [0.3, 0.4) is 0 Å². The highest BCUT2D eigenvalue weighted by atomic mass is 16.5. The third kappa shape index (κ3) is 3.76. The number of benzene rings is 2. The second kappa shape index (κ2) is 7.75. The highest BCUT2D eigenvalue weighted by Gasteiger charge is 2.10. The molecule has 0 amide bonds. The fourth-order valence-corrected chi connectivity index (χ4v) is 2.70. The second-order valence-corrected chi connectivity index (χ2v) is 5.74. The molecule has 0 saturated heterocycles. The molecule has 0 fully saturated rings. The van der Waals surface area contributed by atoms with Gasteiger partial charge in [0.1, 0.15) is 5.75 Å². The van der Waals surface area contributed by atoms with Crippen molar-refractivity contribution in [2.45, 2.75) is 26.3 Å². The van der Waals surface area contributed by atoms with E-state index in [2.05, 4.69) is 4.98 Å². The molecule has 3 aromatic rings. The molecule has 128 valence electrons. The monoisotopic (exact) mass is 336 g/mol. The lowest BCUT2D eigenvalue weighted by Crippen LogP contribution is -2.21. The van der Waals surface area contributed by atoms with E-state index in [9.17, 15) is 9.59 Å². The zero-order chi connectivity index (χ0) is 17.6. The third-order valence-electron chi connectivity index (χ3n) is 4.04. The van der Waals surface area contributed by atoms with Crippen LogP contribution in [0.5, 0.6) is 5.75 Å². The summed E-state index contributed by atoms with van der Waals surface area (Å²) in [6.07, 6.45) is 2.66. The van der Waals surface area contributed by atoms with Crippen LogP contribution in [0.15, 0.2) is 59.7 Å². The zero-order valence-corrected chi connectivity index (χ0v) is 14.1. The Morgan fingerprint density at radius 2 is 1.88 bits per heavy atom. The third-order valence-corrected chi connectivity index (χ3v) is 4.04. The highest BCUT2D eigenvalue weighted by molar-refractivity contribution is 5.98. The topological polar surface area (TPSA) is 61.2 Å². The molecule has 2 aromatic carbocycles. The van der Waals surface area contributed by atoms with Gasteiger partial charge in [-0.15, -0.1) is 0 Å². The van der Waals surface area contributed by atoms with Crippen molar-refractivity contribution >= 4 is 16.7 Å². The van der Waals surface area contributed by atoms with Crippen molar-refractivity contribution in [1.82, 2.24) is 9.55 Å². The van der Waals surface area contributed by atoms with Gasteiger partial charge in [-0.25, -0.2) is 4.98 Å². The van der Waals surface area contributed by atoms with Gasteiger partial charge in [0.15, 0.2) is 5.78 Å². The Morgan fingerprint density at radius 1 is 1.12 bits per heavy atom. The van der Waals surface area contributed by atoms with E-state index >= 15 is 0 Å². The molecule has 0 aliphatic rings. The molecule has 25 heavy (non-hydrogen) atoms. The quantitative estimate of drug-likeness (QED) is 0.490. The Hall–Kier alpha value is -2.95. The molecular formula is C20H20N2O3. The van der Waals surface area contributed by atoms with Gasteiger partial charge in [-0.05, 0) is 30.7 Å². The van der Waals surface area contributed by atoms with Gasteiger partial charge >= 0.3 is 0 Å². The van der Waals surface area contributed by atoms with Gasteiger partial charge in [0.25, 0.3) is 5.56 Å². The minimum atomic E-state index is -0.0489. The van der Waals surface area contributed by atoms with Gasteiger partial charge in [-0.2, -0.15) is 0 Å². The summed E-state index contributed by atoms with van der Waals surface area (Å²) in [5.41, 5.74) is 1.26. The number of fused-ring (bicyclic) bond motifs is 1. The lowest BCUT2D eigenvalue weighted by molar-refractivity contribution is 0.0984. The lowest BCUT2D eigenvalue weighted by Gasteiger charge is -2.11. The number of carbonyl (C=O) groups is 1. The minimum Gasteiger partial charge on any atom is -0.493 e. The van der Waals surface area contributed by atoms with Crippen molar-refractivity contribution in [2.75, 3.05) is 6.61 Å². The summed E-state index contributed by atoms with van der Waals surface area (Å²) < 4.78 is 7.34. The van der Waals surface area contributed by atoms with Gasteiger partial charge in [-0.3, -0.25) is 14.2 Å². The van der Waals surface area contributed by atoms with Crippen LogP contribution in [-0.4, -0.2) is 21.9 Å². The Labute approximate surface area is 145 Å².